The molecule has 5 rings (SSSR count). The summed E-state index contributed by atoms with van der Waals surface area (Å²) >= 11 is 0. The maximum atomic E-state index is 12.8. The van der Waals surface area contributed by atoms with Gasteiger partial charge < -0.3 is 24.8 Å². The SMILES string of the molecule is CC(C)(Cc1ccc(CC(=O)Nc2cncc(N3CCCC(Oc4ccccc4OC4CCC4)C3)n2)cc1)C(=O)O. The van der Waals surface area contributed by atoms with E-state index in [2.05, 4.69) is 20.2 Å². The molecule has 41 heavy (non-hydrogen) atoms. The normalized spacial score (nSPS) is 17.4. The number of nitrogens with one attached hydrogen (secondary N) is 1. The third kappa shape index (κ3) is 7.54. The van der Waals surface area contributed by atoms with Crippen LogP contribution in [0.3, 0.4) is 0 Å². The van der Waals surface area contributed by atoms with Gasteiger partial charge in [0.2, 0.25) is 5.91 Å². The number of hydrogen-bond donors (Lipinski definition) is 2. The summed E-state index contributed by atoms with van der Waals surface area (Å²) in [6.07, 6.45) is 9.41. The summed E-state index contributed by atoms with van der Waals surface area (Å²) in [6.45, 7) is 4.90. The number of carbonyl (C=O) groups excluding carboxylic acids is 1. The highest BCUT2D eigenvalue weighted by atomic mass is 16.5. The van der Waals surface area contributed by atoms with Gasteiger partial charge in [0.05, 0.1) is 36.9 Å². The molecule has 2 heterocycles. The Morgan fingerprint density at radius 2 is 1.61 bits per heavy atom. The van der Waals surface area contributed by atoms with Gasteiger partial charge in [-0.15, -0.1) is 0 Å². The predicted molar refractivity (Wildman–Crippen MR) is 157 cm³/mol. The number of benzene rings is 2. The molecule has 1 aliphatic heterocycles. The highest BCUT2D eigenvalue weighted by Gasteiger charge is 2.28. The number of carboxylic acids is 1. The van der Waals surface area contributed by atoms with Gasteiger partial charge in [-0.2, -0.15) is 0 Å². The Bertz CT molecular complexity index is 1360. The maximum absolute atomic E-state index is 12.8. The molecule has 9 heteroatoms. The van der Waals surface area contributed by atoms with Crippen LogP contribution in [0.1, 0.15) is 57.1 Å². The topological polar surface area (TPSA) is 114 Å². The van der Waals surface area contributed by atoms with Gasteiger partial charge in [-0.25, -0.2) is 4.98 Å². The Hall–Kier alpha value is -4.14. The van der Waals surface area contributed by atoms with E-state index < -0.39 is 11.4 Å². The summed E-state index contributed by atoms with van der Waals surface area (Å²) in [5.74, 6) is 1.64. The van der Waals surface area contributed by atoms with Gasteiger partial charge in [-0.3, -0.25) is 14.6 Å². The van der Waals surface area contributed by atoms with Crippen molar-refractivity contribution in [3.63, 3.8) is 0 Å². The number of aromatic nitrogens is 2. The molecular formula is C32H38N4O5. The minimum atomic E-state index is -0.850. The average molecular weight is 559 g/mol. The number of ether oxygens (including phenoxy) is 2. The molecule has 2 aliphatic rings. The summed E-state index contributed by atoms with van der Waals surface area (Å²) in [6, 6.07) is 15.3. The molecule has 0 radical (unpaired) electrons. The van der Waals surface area contributed by atoms with Crippen LogP contribution in [-0.2, 0) is 22.4 Å². The standard InChI is InChI=1S/C32H38N4O5/c1-32(2,31(38)39)18-23-14-12-22(13-15-23)17-30(37)35-28-19-33-20-29(34-28)36-16-6-9-25(21-36)41-27-11-4-3-10-26(27)40-24-7-5-8-24/h3-4,10-15,19-20,24-25H,5-9,16-18,21H2,1-2H3,(H,38,39)(H,34,35,37). The van der Waals surface area contributed by atoms with E-state index in [0.29, 0.717) is 24.6 Å². The lowest BCUT2D eigenvalue weighted by atomic mass is 9.86. The van der Waals surface area contributed by atoms with E-state index in [9.17, 15) is 14.7 Å². The number of carbonyl (C=O) groups is 2. The summed E-state index contributed by atoms with van der Waals surface area (Å²) in [5.41, 5.74) is 0.900. The van der Waals surface area contributed by atoms with Crippen LogP contribution in [0.5, 0.6) is 11.5 Å². The fraction of sp³-hybridized carbons (Fsp3) is 0.438. The van der Waals surface area contributed by atoms with Crippen molar-refractivity contribution in [3.8, 4) is 11.5 Å². The molecule has 2 N–H and O–H groups in total. The minimum Gasteiger partial charge on any atom is -0.487 e. The summed E-state index contributed by atoms with van der Waals surface area (Å²) in [5, 5.41) is 12.2. The second kappa shape index (κ2) is 12.6. The van der Waals surface area contributed by atoms with E-state index in [-0.39, 0.29) is 24.5 Å². The van der Waals surface area contributed by atoms with Gasteiger partial charge >= 0.3 is 5.97 Å². The van der Waals surface area contributed by atoms with E-state index in [4.69, 9.17) is 9.47 Å². The quantitative estimate of drug-likeness (QED) is 0.326. The van der Waals surface area contributed by atoms with Crippen molar-refractivity contribution in [3.05, 3.63) is 72.1 Å². The maximum Gasteiger partial charge on any atom is 0.309 e. The molecule has 1 aromatic heterocycles. The van der Waals surface area contributed by atoms with Gasteiger partial charge in [0.15, 0.2) is 17.3 Å². The first-order chi connectivity index (χ1) is 19.7. The molecule has 216 valence electrons. The lowest BCUT2D eigenvalue weighted by molar-refractivity contribution is -0.146. The molecule has 1 amide bonds. The number of amides is 1. The van der Waals surface area contributed by atoms with Crippen molar-refractivity contribution in [2.45, 2.75) is 71.0 Å². The number of rotatable bonds is 11. The number of para-hydroxylation sites is 2. The van der Waals surface area contributed by atoms with Crippen molar-refractivity contribution in [1.29, 1.82) is 0 Å². The summed E-state index contributed by atoms with van der Waals surface area (Å²) < 4.78 is 12.5. The molecule has 2 aromatic carbocycles. The lowest BCUT2D eigenvalue weighted by Crippen LogP contribution is -2.41. The van der Waals surface area contributed by atoms with E-state index in [0.717, 1.165) is 54.9 Å². The Balaban J connectivity index is 1.16. The fourth-order valence-corrected chi connectivity index (χ4v) is 5.04. The van der Waals surface area contributed by atoms with Crippen LogP contribution in [0.2, 0.25) is 0 Å². The van der Waals surface area contributed by atoms with Gasteiger partial charge in [0.25, 0.3) is 0 Å². The van der Waals surface area contributed by atoms with E-state index >= 15 is 0 Å². The van der Waals surface area contributed by atoms with Crippen molar-refractivity contribution >= 4 is 23.5 Å². The second-order valence-corrected chi connectivity index (χ2v) is 11.6. The summed E-state index contributed by atoms with van der Waals surface area (Å²) in [7, 11) is 0. The van der Waals surface area contributed by atoms with Gasteiger partial charge in [-0.05, 0) is 75.6 Å². The number of hydrogen-bond acceptors (Lipinski definition) is 7. The van der Waals surface area contributed by atoms with Gasteiger partial charge in [-0.1, -0.05) is 36.4 Å². The molecule has 0 bridgehead atoms. The summed E-state index contributed by atoms with van der Waals surface area (Å²) in [4.78, 5) is 35.3. The molecule has 1 unspecified atom stereocenters. The number of piperidine rings is 1. The van der Waals surface area contributed by atoms with Crippen LogP contribution in [-0.4, -0.2) is 52.2 Å². The fourth-order valence-electron chi connectivity index (χ4n) is 5.04. The third-order valence-corrected chi connectivity index (χ3v) is 7.69. The Labute approximate surface area is 240 Å². The molecular weight excluding hydrogens is 520 g/mol. The molecule has 1 atom stereocenters. The van der Waals surface area contributed by atoms with Crippen molar-refractivity contribution in [1.82, 2.24) is 9.97 Å². The average Bonchev–Trinajstić information content (AvgIpc) is 2.93. The lowest BCUT2D eigenvalue weighted by Gasteiger charge is -2.34. The first-order valence-electron chi connectivity index (χ1n) is 14.4. The molecule has 1 saturated heterocycles. The highest BCUT2D eigenvalue weighted by molar-refractivity contribution is 5.91. The van der Waals surface area contributed by atoms with Gasteiger partial charge in [0.1, 0.15) is 11.9 Å². The van der Waals surface area contributed by atoms with Crippen LogP contribution in [0.4, 0.5) is 11.6 Å². The molecule has 0 spiro atoms. The smallest absolute Gasteiger partial charge is 0.309 e. The van der Waals surface area contributed by atoms with Crippen LogP contribution < -0.4 is 19.7 Å². The molecule has 9 nitrogen and oxygen atoms in total. The van der Waals surface area contributed by atoms with Crippen molar-refractivity contribution in [2.75, 3.05) is 23.3 Å². The third-order valence-electron chi connectivity index (χ3n) is 7.69. The minimum absolute atomic E-state index is 0.0148. The van der Waals surface area contributed by atoms with Crippen LogP contribution in [0, 0.1) is 5.41 Å². The van der Waals surface area contributed by atoms with Crippen LogP contribution in [0.15, 0.2) is 60.9 Å². The number of aliphatic carboxylic acids is 1. The zero-order valence-electron chi connectivity index (χ0n) is 23.7. The zero-order valence-corrected chi connectivity index (χ0v) is 23.7. The first-order valence-corrected chi connectivity index (χ1v) is 14.4. The van der Waals surface area contributed by atoms with Crippen molar-refractivity contribution in [2.24, 2.45) is 5.41 Å². The number of nitrogens with zero attached hydrogens (tertiary/aromatic N) is 3. The number of carboxylic acid groups (broad SMARTS) is 1. The molecule has 2 fully saturated rings. The zero-order chi connectivity index (χ0) is 28.8. The molecule has 1 saturated carbocycles. The highest BCUT2D eigenvalue weighted by Crippen LogP contribution is 2.34. The Morgan fingerprint density at radius 3 is 2.27 bits per heavy atom. The van der Waals surface area contributed by atoms with Crippen LogP contribution in [0.25, 0.3) is 0 Å². The van der Waals surface area contributed by atoms with E-state index in [1.165, 1.54) is 6.42 Å². The Kier molecular flexibility index (Phi) is 8.71. The van der Waals surface area contributed by atoms with Crippen molar-refractivity contribution < 1.29 is 24.2 Å². The first kappa shape index (κ1) is 28.4. The largest absolute Gasteiger partial charge is 0.487 e. The number of anilines is 2. The Morgan fingerprint density at radius 1 is 0.951 bits per heavy atom. The predicted octanol–water partition coefficient (Wildman–Crippen LogP) is 5.29. The monoisotopic (exact) mass is 558 g/mol. The van der Waals surface area contributed by atoms with Gasteiger partial charge in [0, 0.05) is 6.54 Å². The molecule has 3 aromatic rings. The van der Waals surface area contributed by atoms with Crippen LogP contribution >= 0.6 is 0 Å². The van der Waals surface area contributed by atoms with E-state index in [1.807, 2.05) is 48.5 Å². The second-order valence-electron chi connectivity index (χ2n) is 11.6. The van der Waals surface area contributed by atoms with E-state index in [1.54, 1.807) is 26.2 Å². The molecule has 1 aliphatic carbocycles.